The van der Waals surface area contributed by atoms with E-state index in [1.54, 1.807) is 0 Å². The number of hydrogen-bond donors (Lipinski definition) is 0. The van der Waals surface area contributed by atoms with Gasteiger partial charge in [-0.2, -0.15) is 0 Å². The van der Waals surface area contributed by atoms with Gasteiger partial charge in [0.25, 0.3) is 0 Å². The number of benzene rings is 1. The molecule has 0 spiro atoms. The molecule has 1 heterocycles. The highest BCUT2D eigenvalue weighted by Crippen LogP contribution is 2.21. The van der Waals surface area contributed by atoms with Crippen LogP contribution in [-0.2, 0) is 17.7 Å². The third-order valence-electron chi connectivity index (χ3n) is 2.98. The zero-order chi connectivity index (χ0) is 13.0. The zero-order valence-corrected chi connectivity index (χ0v) is 11.7. The van der Waals surface area contributed by atoms with Crippen LogP contribution in [0.5, 0.6) is 0 Å². The van der Waals surface area contributed by atoms with Gasteiger partial charge >= 0.3 is 0 Å². The molecule has 3 nitrogen and oxygen atoms in total. The molecule has 0 N–H and O–H groups in total. The Morgan fingerprint density at radius 3 is 2.89 bits per heavy atom. The first-order valence-electron chi connectivity index (χ1n) is 6.48. The average molecular weight is 267 g/mol. The number of rotatable bonds is 6. The van der Waals surface area contributed by atoms with E-state index in [0.29, 0.717) is 0 Å². The minimum atomic E-state index is 0.740. The molecule has 1 aromatic heterocycles. The van der Waals surface area contributed by atoms with Crippen molar-refractivity contribution in [2.24, 2.45) is 0 Å². The van der Waals surface area contributed by atoms with Crippen LogP contribution in [0.3, 0.4) is 0 Å². The maximum absolute atomic E-state index is 6.00. The van der Waals surface area contributed by atoms with E-state index < -0.39 is 0 Å². The molecule has 4 heteroatoms. The molecule has 0 aliphatic carbocycles. The minimum absolute atomic E-state index is 0.740. The van der Waals surface area contributed by atoms with Crippen molar-refractivity contribution in [2.45, 2.75) is 33.2 Å². The van der Waals surface area contributed by atoms with E-state index in [-0.39, 0.29) is 0 Å². The summed E-state index contributed by atoms with van der Waals surface area (Å²) in [6, 6.07) is 5.89. The Kier molecular flexibility index (Phi) is 4.61. The molecule has 0 saturated carbocycles. The molecule has 0 unspecified atom stereocenters. The van der Waals surface area contributed by atoms with Crippen LogP contribution in [0.4, 0.5) is 0 Å². The lowest BCUT2D eigenvalue weighted by Gasteiger charge is -2.08. The summed E-state index contributed by atoms with van der Waals surface area (Å²) in [5, 5.41) is 0.740. The number of ether oxygens (including phenoxy) is 1. The van der Waals surface area contributed by atoms with Crippen LogP contribution in [0, 0.1) is 0 Å². The van der Waals surface area contributed by atoms with Gasteiger partial charge in [-0.25, -0.2) is 4.98 Å². The first-order chi connectivity index (χ1) is 8.76. The fourth-order valence-electron chi connectivity index (χ4n) is 2.14. The molecule has 0 aliphatic rings. The lowest BCUT2D eigenvalue weighted by Crippen LogP contribution is -2.06. The van der Waals surface area contributed by atoms with E-state index in [1.807, 2.05) is 25.1 Å². The molecular formula is C14H19ClN2O. The average Bonchev–Trinajstić information content (AvgIpc) is 2.71. The molecule has 0 fully saturated rings. The van der Waals surface area contributed by atoms with E-state index in [0.717, 1.165) is 54.5 Å². The van der Waals surface area contributed by atoms with Gasteiger partial charge in [0, 0.05) is 31.2 Å². The third-order valence-corrected chi connectivity index (χ3v) is 3.22. The highest BCUT2D eigenvalue weighted by atomic mass is 35.5. The second-order valence-electron chi connectivity index (χ2n) is 4.22. The molecule has 0 amide bonds. The summed E-state index contributed by atoms with van der Waals surface area (Å²) in [7, 11) is 0. The van der Waals surface area contributed by atoms with E-state index >= 15 is 0 Å². The molecule has 0 saturated heterocycles. The second-order valence-corrected chi connectivity index (χ2v) is 4.65. The van der Waals surface area contributed by atoms with Crippen molar-refractivity contribution in [1.29, 1.82) is 0 Å². The SMILES string of the molecule is CCOCCCn1c(CC)nc2cc(Cl)ccc21. The number of imidazole rings is 1. The summed E-state index contributed by atoms with van der Waals surface area (Å²) < 4.78 is 7.65. The predicted molar refractivity (Wildman–Crippen MR) is 75.2 cm³/mol. The van der Waals surface area contributed by atoms with Gasteiger partial charge in [0.15, 0.2) is 0 Å². The summed E-state index contributed by atoms with van der Waals surface area (Å²) in [6.45, 7) is 6.67. The summed E-state index contributed by atoms with van der Waals surface area (Å²) in [5.41, 5.74) is 2.14. The number of fused-ring (bicyclic) bond motifs is 1. The summed E-state index contributed by atoms with van der Waals surface area (Å²) in [6.07, 6.45) is 1.94. The van der Waals surface area contributed by atoms with E-state index in [9.17, 15) is 0 Å². The van der Waals surface area contributed by atoms with Gasteiger partial charge in [0.2, 0.25) is 0 Å². The van der Waals surface area contributed by atoms with Gasteiger partial charge in [0.1, 0.15) is 5.82 Å². The molecule has 0 radical (unpaired) electrons. The van der Waals surface area contributed by atoms with Crippen LogP contribution >= 0.6 is 11.6 Å². The summed E-state index contributed by atoms with van der Waals surface area (Å²) >= 11 is 6.00. The lowest BCUT2D eigenvalue weighted by molar-refractivity contribution is 0.141. The van der Waals surface area contributed by atoms with Gasteiger partial charge < -0.3 is 9.30 Å². The van der Waals surface area contributed by atoms with Crippen molar-refractivity contribution >= 4 is 22.6 Å². The van der Waals surface area contributed by atoms with Crippen LogP contribution in [0.1, 0.15) is 26.1 Å². The standard InChI is InChI=1S/C14H19ClN2O/c1-3-14-16-12-10-11(15)6-7-13(12)17(14)8-5-9-18-4-2/h6-7,10H,3-5,8-9H2,1-2H3. The smallest absolute Gasteiger partial charge is 0.109 e. The van der Waals surface area contributed by atoms with E-state index in [1.165, 1.54) is 0 Å². The van der Waals surface area contributed by atoms with Crippen LogP contribution < -0.4 is 0 Å². The van der Waals surface area contributed by atoms with Gasteiger partial charge in [-0.15, -0.1) is 0 Å². The van der Waals surface area contributed by atoms with Crippen molar-refractivity contribution in [3.05, 3.63) is 29.0 Å². The maximum atomic E-state index is 6.00. The monoisotopic (exact) mass is 266 g/mol. The molecule has 0 aliphatic heterocycles. The van der Waals surface area contributed by atoms with E-state index in [4.69, 9.17) is 16.3 Å². The topological polar surface area (TPSA) is 27.1 Å². The summed E-state index contributed by atoms with van der Waals surface area (Å²) in [5.74, 6) is 1.11. The predicted octanol–water partition coefficient (Wildman–Crippen LogP) is 3.68. The van der Waals surface area contributed by atoms with Crippen LogP contribution in [0.25, 0.3) is 11.0 Å². The minimum Gasteiger partial charge on any atom is -0.382 e. The largest absolute Gasteiger partial charge is 0.382 e. The first kappa shape index (κ1) is 13.4. The highest BCUT2D eigenvalue weighted by molar-refractivity contribution is 6.31. The number of halogens is 1. The number of aryl methyl sites for hydroxylation is 2. The Labute approximate surface area is 113 Å². The van der Waals surface area contributed by atoms with Crippen molar-refractivity contribution < 1.29 is 4.74 Å². The van der Waals surface area contributed by atoms with Gasteiger partial charge in [-0.3, -0.25) is 0 Å². The number of aromatic nitrogens is 2. The fourth-order valence-corrected chi connectivity index (χ4v) is 2.31. The summed E-state index contributed by atoms with van der Waals surface area (Å²) in [4.78, 5) is 4.63. The molecule has 18 heavy (non-hydrogen) atoms. The van der Waals surface area contributed by atoms with Crippen LogP contribution in [-0.4, -0.2) is 22.8 Å². The number of hydrogen-bond acceptors (Lipinski definition) is 2. The van der Waals surface area contributed by atoms with Crippen molar-refractivity contribution in [3.63, 3.8) is 0 Å². The second kappa shape index (κ2) is 6.21. The van der Waals surface area contributed by atoms with E-state index in [2.05, 4.69) is 16.5 Å². The quantitative estimate of drug-likeness (QED) is 0.746. The molecule has 1 aromatic carbocycles. The van der Waals surface area contributed by atoms with Crippen LogP contribution in [0.15, 0.2) is 18.2 Å². The van der Waals surface area contributed by atoms with Gasteiger partial charge in [-0.05, 0) is 31.5 Å². The lowest BCUT2D eigenvalue weighted by atomic mass is 10.3. The fraction of sp³-hybridized carbons (Fsp3) is 0.500. The molecule has 0 atom stereocenters. The third kappa shape index (κ3) is 2.85. The molecular weight excluding hydrogens is 248 g/mol. The van der Waals surface area contributed by atoms with Crippen molar-refractivity contribution in [3.8, 4) is 0 Å². The van der Waals surface area contributed by atoms with Gasteiger partial charge in [0.05, 0.1) is 11.0 Å². The maximum Gasteiger partial charge on any atom is 0.109 e. The van der Waals surface area contributed by atoms with Crippen LogP contribution in [0.2, 0.25) is 5.02 Å². The molecule has 0 bridgehead atoms. The van der Waals surface area contributed by atoms with Crippen molar-refractivity contribution in [1.82, 2.24) is 9.55 Å². The first-order valence-corrected chi connectivity index (χ1v) is 6.86. The van der Waals surface area contributed by atoms with Crippen molar-refractivity contribution in [2.75, 3.05) is 13.2 Å². The highest BCUT2D eigenvalue weighted by Gasteiger charge is 2.09. The Hall–Kier alpha value is -1.06. The Bertz CT molecular complexity index is 522. The molecule has 98 valence electrons. The Morgan fingerprint density at radius 1 is 1.33 bits per heavy atom. The number of nitrogens with zero attached hydrogens (tertiary/aromatic N) is 2. The Balaban J connectivity index is 2.23. The normalized spacial score (nSPS) is 11.3. The van der Waals surface area contributed by atoms with Gasteiger partial charge in [-0.1, -0.05) is 18.5 Å². The zero-order valence-electron chi connectivity index (χ0n) is 10.9. The Morgan fingerprint density at radius 2 is 2.17 bits per heavy atom. The molecule has 2 rings (SSSR count). The molecule has 2 aromatic rings.